The molecule has 6 heteroatoms. The van der Waals surface area contributed by atoms with Gasteiger partial charge in [-0.15, -0.1) is 0 Å². The van der Waals surface area contributed by atoms with Gasteiger partial charge in [-0.25, -0.2) is 0 Å². The van der Waals surface area contributed by atoms with Crippen molar-refractivity contribution in [3.05, 3.63) is 0 Å². The maximum absolute atomic E-state index is 5.35. The third kappa shape index (κ3) is 3.36. The van der Waals surface area contributed by atoms with Gasteiger partial charge < -0.3 is 0 Å². The lowest BCUT2D eigenvalue weighted by molar-refractivity contribution is 1.27. The zero-order valence-corrected chi connectivity index (χ0v) is 7.48. The molecule has 0 atom stereocenters. The molecular formula is C3H4Cl4N2. The molecule has 9 heavy (non-hydrogen) atoms. The highest BCUT2D eigenvalue weighted by atomic mass is 35.6. The van der Waals surface area contributed by atoms with Crippen LogP contribution in [-0.2, 0) is 0 Å². The zero-order valence-electron chi connectivity index (χ0n) is 4.46. The Morgan fingerprint density at radius 1 is 1.44 bits per heavy atom. The largest absolute Gasteiger partial charge is 0.283 e. The molecule has 0 saturated heterocycles. The van der Waals surface area contributed by atoms with Crippen LogP contribution in [0.4, 0.5) is 0 Å². The molecule has 0 amide bonds. The van der Waals surface area contributed by atoms with Crippen molar-refractivity contribution in [2.75, 3.05) is 7.05 Å². The predicted molar refractivity (Wildman–Crippen MR) is 42.6 cm³/mol. The number of hydrogen-bond donors (Lipinski definition) is 1. The van der Waals surface area contributed by atoms with Crippen LogP contribution in [0.3, 0.4) is 0 Å². The zero-order chi connectivity index (χ0) is 7.49. The third-order valence-electron chi connectivity index (χ3n) is 0.582. The Hall–Kier alpha value is 0.630. The first-order valence-electron chi connectivity index (χ1n) is 1.93. The van der Waals surface area contributed by atoms with Crippen molar-refractivity contribution in [2.45, 2.75) is 3.79 Å². The molecule has 0 rings (SSSR count). The summed E-state index contributed by atoms with van der Waals surface area (Å²) in [5.74, 6) is 0.106. The van der Waals surface area contributed by atoms with Gasteiger partial charge in [0.25, 0.3) is 0 Å². The van der Waals surface area contributed by atoms with E-state index < -0.39 is 3.79 Å². The molecule has 0 aliphatic rings. The van der Waals surface area contributed by atoms with Crippen LogP contribution >= 0.6 is 46.6 Å². The van der Waals surface area contributed by atoms with E-state index in [4.69, 9.17) is 46.6 Å². The van der Waals surface area contributed by atoms with Gasteiger partial charge in [-0.05, 0) is 0 Å². The van der Waals surface area contributed by atoms with Crippen LogP contribution in [0, 0.1) is 0 Å². The molecule has 2 nitrogen and oxygen atoms in total. The lowest BCUT2D eigenvalue weighted by atomic mass is 10.7. The number of halogens is 4. The van der Waals surface area contributed by atoms with Gasteiger partial charge in [0.2, 0.25) is 3.79 Å². The number of aliphatic imine (C=N–C) groups is 1. The summed E-state index contributed by atoms with van der Waals surface area (Å²) >= 11 is 21.2. The van der Waals surface area contributed by atoms with Crippen molar-refractivity contribution in [1.82, 2.24) is 4.84 Å². The molecule has 0 saturated carbocycles. The molecule has 0 aliphatic heterocycles. The highest BCUT2D eigenvalue weighted by molar-refractivity contribution is 6.77. The second-order valence-electron chi connectivity index (χ2n) is 1.16. The lowest BCUT2D eigenvalue weighted by Gasteiger charge is -2.10. The van der Waals surface area contributed by atoms with Crippen LogP contribution in [0.25, 0.3) is 0 Å². The van der Waals surface area contributed by atoms with Gasteiger partial charge >= 0.3 is 0 Å². The van der Waals surface area contributed by atoms with Gasteiger partial charge in [0, 0.05) is 18.8 Å². The standard InChI is InChI=1S/C3H4Cl4N2/c1-8-2(9-7)3(4,5)6/h1H3,(H,8,9). The summed E-state index contributed by atoms with van der Waals surface area (Å²) in [6, 6.07) is 0. The molecule has 0 unspecified atom stereocenters. The first-order chi connectivity index (χ1) is 4.02. The molecular weight excluding hydrogens is 206 g/mol. The average molecular weight is 210 g/mol. The minimum atomic E-state index is -1.56. The molecule has 0 heterocycles. The SMILES string of the molecule is CN=C(NCl)C(Cl)(Cl)Cl. The summed E-state index contributed by atoms with van der Waals surface area (Å²) in [5, 5.41) is 0. The van der Waals surface area contributed by atoms with E-state index in [2.05, 4.69) is 9.83 Å². The van der Waals surface area contributed by atoms with Crippen LogP contribution in [0.5, 0.6) is 0 Å². The molecule has 0 aromatic heterocycles. The van der Waals surface area contributed by atoms with E-state index in [0.29, 0.717) is 0 Å². The van der Waals surface area contributed by atoms with Gasteiger partial charge in [0.1, 0.15) is 0 Å². The Kier molecular flexibility index (Phi) is 3.97. The Bertz CT molecular complexity index is 115. The molecule has 0 aliphatic carbocycles. The Balaban J connectivity index is 4.14. The van der Waals surface area contributed by atoms with Crippen molar-refractivity contribution in [2.24, 2.45) is 4.99 Å². The molecule has 0 bridgehead atoms. The van der Waals surface area contributed by atoms with Crippen molar-refractivity contribution in [1.29, 1.82) is 0 Å². The predicted octanol–water partition coefficient (Wildman–Crippen LogP) is 2.13. The van der Waals surface area contributed by atoms with Crippen molar-refractivity contribution < 1.29 is 0 Å². The molecule has 0 radical (unpaired) electrons. The van der Waals surface area contributed by atoms with Crippen LogP contribution in [0.2, 0.25) is 0 Å². The second-order valence-corrected chi connectivity index (χ2v) is 3.63. The van der Waals surface area contributed by atoms with Gasteiger partial charge in [-0.2, -0.15) is 0 Å². The quantitative estimate of drug-likeness (QED) is 0.281. The van der Waals surface area contributed by atoms with Crippen LogP contribution in [0.15, 0.2) is 4.99 Å². The van der Waals surface area contributed by atoms with E-state index in [1.165, 1.54) is 7.05 Å². The average Bonchev–Trinajstić information content (AvgIpc) is 1.65. The van der Waals surface area contributed by atoms with E-state index >= 15 is 0 Å². The number of hydrogen-bond acceptors (Lipinski definition) is 1. The van der Waals surface area contributed by atoms with Crippen molar-refractivity contribution >= 4 is 52.4 Å². The Morgan fingerprint density at radius 3 is 1.89 bits per heavy atom. The molecule has 0 aromatic rings. The third-order valence-corrected chi connectivity index (χ3v) is 1.30. The van der Waals surface area contributed by atoms with Gasteiger partial charge in [0.05, 0.1) is 0 Å². The fraction of sp³-hybridized carbons (Fsp3) is 0.667. The summed E-state index contributed by atoms with van der Waals surface area (Å²) in [6.07, 6.45) is 0. The van der Waals surface area contributed by atoms with E-state index in [9.17, 15) is 0 Å². The van der Waals surface area contributed by atoms with Gasteiger partial charge in [-0.3, -0.25) is 9.83 Å². The monoisotopic (exact) mass is 208 g/mol. The normalized spacial score (nSPS) is 13.7. The lowest BCUT2D eigenvalue weighted by Crippen LogP contribution is -2.28. The molecule has 0 spiro atoms. The summed E-state index contributed by atoms with van der Waals surface area (Å²) in [6.45, 7) is 0. The van der Waals surface area contributed by atoms with Gasteiger partial charge in [0.15, 0.2) is 5.84 Å². The molecule has 0 aromatic carbocycles. The second kappa shape index (κ2) is 3.71. The van der Waals surface area contributed by atoms with Crippen LogP contribution in [0.1, 0.15) is 0 Å². The maximum atomic E-state index is 5.35. The number of nitrogens with zero attached hydrogens (tertiary/aromatic N) is 1. The number of alkyl halides is 3. The first kappa shape index (κ1) is 9.63. The fourth-order valence-electron chi connectivity index (χ4n) is 0.223. The van der Waals surface area contributed by atoms with Crippen LogP contribution < -0.4 is 4.84 Å². The highest BCUT2D eigenvalue weighted by Crippen LogP contribution is 2.26. The number of nitrogens with one attached hydrogen (secondary N) is 1. The molecule has 0 fully saturated rings. The van der Waals surface area contributed by atoms with Crippen LogP contribution in [-0.4, -0.2) is 16.7 Å². The minimum Gasteiger partial charge on any atom is -0.283 e. The van der Waals surface area contributed by atoms with E-state index in [0.717, 1.165) is 0 Å². The van der Waals surface area contributed by atoms with Gasteiger partial charge in [-0.1, -0.05) is 34.8 Å². The molecule has 54 valence electrons. The van der Waals surface area contributed by atoms with E-state index in [-0.39, 0.29) is 5.84 Å². The van der Waals surface area contributed by atoms with E-state index in [1.807, 2.05) is 0 Å². The van der Waals surface area contributed by atoms with Crippen molar-refractivity contribution in [3.63, 3.8) is 0 Å². The summed E-state index contributed by atoms with van der Waals surface area (Å²) < 4.78 is -1.56. The van der Waals surface area contributed by atoms with E-state index in [1.54, 1.807) is 0 Å². The fourth-order valence-corrected chi connectivity index (χ4v) is 0.989. The summed E-state index contributed by atoms with van der Waals surface area (Å²) in [4.78, 5) is 5.67. The summed E-state index contributed by atoms with van der Waals surface area (Å²) in [5.41, 5.74) is 0. The topological polar surface area (TPSA) is 24.4 Å². The minimum absolute atomic E-state index is 0.106. The highest BCUT2D eigenvalue weighted by Gasteiger charge is 2.26. The Morgan fingerprint density at radius 2 is 1.89 bits per heavy atom. The summed E-state index contributed by atoms with van der Waals surface area (Å²) in [7, 11) is 1.46. The Labute approximate surface area is 73.2 Å². The van der Waals surface area contributed by atoms with Crippen molar-refractivity contribution in [3.8, 4) is 0 Å². The number of amidine groups is 1. The number of rotatable bonds is 0. The maximum Gasteiger partial charge on any atom is 0.248 e. The molecule has 1 N–H and O–H groups in total. The smallest absolute Gasteiger partial charge is 0.248 e. The first-order valence-corrected chi connectivity index (χ1v) is 3.44.